The summed E-state index contributed by atoms with van der Waals surface area (Å²) in [4.78, 5) is 21.8. The molecule has 31 heavy (non-hydrogen) atoms. The van der Waals surface area contributed by atoms with E-state index in [4.69, 9.17) is 0 Å². The first kappa shape index (κ1) is 18.5. The van der Waals surface area contributed by atoms with E-state index in [2.05, 4.69) is 25.9 Å². The minimum absolute atomic E-state index is 0.0518. The second-order valence-electron chi connectivity index (χ2n) is 6.84. The van der Waals surface area contributed by atoms with Crippen molar-refractivity contribution in [1.29, 1.82) is 0 Å². The van der Waals surface area contributed by atoms with E-state index in [1.54, 1.807) is 10.7 Å². The van der Waals surface area contributed by atoms with Crippen LogP contribution in [0.15, 0.2) is 97.1 Å². The van der Waals surface area contributed by atoms with E-state index in [0.717, 1.165) is 22.2 Å². The summed E-state index contributed by atoms with van der Waals surface area (Å²) < 4.78 is 1.67. The van der Waals surface area contributed by atoms with Gasteiger partial charge in [0.15, 0.2) is 5.82 Å². The lowest BCUT2D eigenvalue weighted by Crippen LogP contribution is -2.30. The molecule has 0 fully saturated rings. The van der Waals surface area contributed by atoms with E-state index in [1.807, 2.05) is 91.0 Å². The van der Waals surface area contributed by atoms with Gasteiger partial charge in [-0.15, -0.1) is 5.10 Å². The van der Waals surface area contributed by atoms with Crippen LogP contribution in [0.5, 0.6) is 0 Å². The van der Waals surface area contributed by atoms with E-state index in [1.165, 1.54) is 0 Å². The first-order valence-electron chi connectivity index (χ1n) is 9.78. The molecule has 0 spiro atoms. The highest BCUT2D eigenvalue weighted by atomic mass is 16.2. The van der Waals surface area contributed by atoms with Crippen molar-refractivity contribution in [1.82, 2.24) is 25.2 Å². The number of fused-ring (bicyclic) bond motifs is 1. The average molecular weight is 406 g/mol. The van der Waals surface area contributed by atoms with Crippen molar-refractivity contribution in [3.05, 3.63) is 103 Å². The molecule has 0 aliphatic heterocycles. The molecule has 0 aliphatic rings. The lowest BCUT2D eigenvalue weighted by Gasteiger charge is -2.06. The number of carbonyl (C=O) groups excluding carboxylic acids is 1. The number of anilines is 1. The van der Waals surface area contributed by atoms with Crippen molar-refractivity contribution >= 4 is 22.6 Å². The molecule has 0 aliphatic carbocycles. The maximum Gasteiger partial charge on any atom is 0.309 e. The number of para-hydroxylation sites is 2. The number of hydrogen-bond donors (Lipinski definition) is 2. The Bertz CT molecular complexity index is 1290. The molecule has 0 atom stereocenters. The van der Waals surface area contributed by atoms with Crippen LogP contribution in [-0.2, 0) is 0 Å². The summed E-state index contributed by atoms with van der Waals surface area (Å²) >= 11 is 0. The largest absolute Gasteiger partial charge is 0.309 e. The van der Waals surface area contributed by atoms with Crippen molar-refractivity contribution in [3.8, 4) is 17.1 Å². The zero-order chi connectivity index (χ0) is 21.0. The van der Waals surface area contributed by atoms with Gasteiger partial charge in [0, 0.05) is 10.9 Å². The summed E-state index contributed by atoms with van der Waals surface area (Å²) in [7, 11) is 0. The predicted molar refractivity (Wildman–Crippen MR) is 120 cm³/mol. The number of amides is 1. The van der Waals surface area contributed by atoms with Gasteiger partial charge in [0.05, 0.1) is 11.2 Å². The predicted octanol–water partition coefficient (Wildman–Crippen LogP) is 4.24. The van der Waals surface area contributed by atoms with E-state index < -0.39 is 5.91 Å². The fourth-order valence-electron chi connectivity index (χ4n) is 3.24. The molecule has 3 aromatic carbocycles. The third-order valence-electron chi connectivity index (χ3n) is 4.75. The van der Waals surface area contributed by atoms with Gasteiger partial charge in [-0.3, -0.25) is 15.6 Å². The van der Waals surface area contributed by atoms with Crippen LogP contribution in [0, 0.1) is 0 Å². The molecule has 0 bridgehead atoms. The van der Waals surface area contributed by atoms with Gasteiger partial charge in [-0.2, -0.15) is 0 Å². The van der Waals surface area contributed by atoms with Gasteiger partial charge in [-0.05, 0) is 30.3 Å². The molecule has 7 nitrogen and oxygen atoms in total. The molecule has 0 unspecified atom stereocenters. The van der Waals surface area contributed by atoms with Crippen LogP contribution in [0.1, 0.15) is 10.6 Å². The van der Waals surface area contributed by atoms with E-state index in [-0.39, 0.29) is 5.82 Å². The lowest BCUT2D eigenvalue weighted by molar-refractivity contribution is 0.0952. The summed E-state index contributed by atoms with van der Waals surface area (Å²) in [5.41, 5.74) is 7.99. The average Bonchev–Trinajstić information content (AvgIpc) is 3.29. The van der Waals surface area contributed by atoms with Crippen LogP contribution in [0.3, 0.4) is 0 Å². The number of rotatable bonds is 5. The Morgan fingerprint density at radius 1 is 0.742 bits per heavy atom. The first-order chi connectivity index (χ1) is 15.3. The first-order valence-corrected chi connectivity index (χ1v) is 9.78. The number of nitrogens with zero attached hydrogens (tertiary/aromatic N) is 4. The van der Waals surface area contributed by atoms with Crippen molar-refractivity contribution in [3.63, 3.8) is 0 Å². The Morgan fingerprint density at radius 3 is 2.26 bits per heavy atom. The second-order valence-corrected chi connectivity index (χ2v) is 6.84. The third-order valence-corrected chi connectivity index (χ3v) is 4.75. The van der Waals surface area contributed by atoms with Crippen LogP contribution < -0.4 is 10.9 Å². The normalized spacial score (nSPS) is 10.7. The Morgan fingerprint density at radius 2 is 1.45 bits per heavy atom. The van der Waals surface area contributed by atoms with E-state index in [0.29, 0.717) is 11.6 Å². The monoisotopic (exact) mass is 406 g/mol. The molecule has 5 rings (SSSR count). The van der Waals surface area contributed by atoms with Crippen molar-refractivity contribution in [2.75, 3.05) is 5.43 Å². The molecule has 2 heterocycles. The van der Waals surface area contributed by atoms with Crippen molar-refractivity contribution in [2.24, 2.45) is 0 Å². The van der Waals surface area contributed by atoms with E-state index in [9.17, 15) is 4.79 Å². The topological polar surface area (TPSA) is 84.7 Å². The van der Waals surface area contributed by atoms with Crippen LogP contribution in [-0.4, -0.2) is 25.7 Å². The van der Waals surface area contributed by atoms with Crippen LogP contribution >= 0.6 is 0 Å². The van der Waals surface area contributed by atoms with Crippen molar-refractivity contribution < 1.29 is 4.79 Å². The van der Waals surface area contributed by atoms with Crippen LogP contribution in [0.2, 0.25) is 0 Å². The van der Waals surface area contributed by atoms with Gasteiger partial charge in [-0.1, -0.05) is 66.7 Å². The molecule has 0 saturated carbocycles. The molecule has 2 N–H and O–H groups in total. The number of aromatic nitrogens is 4. The van der Waals surface area contributed by atoms with E-state index >= 15 is 0 Å². The Balaban J connectivity index is 1.42. The summed E-state index contributed by atoms with van der Waals surface area (Å²) in [5, 5.41) is 5.48. The quantitative estimate of drug-likeness (QED) is 0.427. The molecule has 150 valence electrons. The summed E-state index contributed by atoms with van der Waals surface area (Å²) in [6, 6.07) is 30.7. The zero-order valence-electron chi connectivity index (χ0n) is 16.4. The van der Waals surface area contributed by atoms with Gasteiger partial charge >= 0.3 is 5.91 Å². The lowest BCUT2D eigenvalue weighted by atomic mass is 10.2. The smallest absolute Gasteiger partial charge is 0.282 e. The maximum atomic E-state index is 12.8. The summed E-state index contributed by atoms with van der Waals surface area (Å²) in [5.74, 6) is 0.705. The number of hydrogen-bond acceptors (Lipinski definition) is 5. The zero-order valence-corrected chi connectivity index (χ0v) is 16.4. The van der Waals surface area contributed by atoms with Gasteiger partial charge in [0.2, 0.25) is 5.82 Å². The minimum Gasteiger partial charge on any atom is -0.282 e. The standard InChI is InChI=1S/C24H18N6O/c31-24(28-27-21-16-15-17-9-7-8-14-20(17)25-21)22-26-23(18-10-3-1-4-11-18)30(29-22)19-12-5-2-6-13-19/h1-16H,(H,25,27)(H,28,31). The van der Waals surface area contributed by atoms with Gasteiger partial charge in [0.25, 0.3) is 0 Å². The number of pyridine rings is 1. The number of carbonyl (C=O) groups is 1. The fourth-order valence-corrected chi connectivity index (χ4v) is 3.24. The second kappa shape index (κ2) is 8.08. The molecular formula is C24H18N6O. The van der Waals surface area contributed by atoms with Crippen molar-refractivity contribution in [2.45, 2.75) is 0 Å². The van der Waals surface area contributed by atoms with Gasteiger partial charge < -0.3 is 0 Å². The van der Waals surface area contributed by atoms with Gasteiger partial charge in [0.1, 0.15) is 5.82 Å². The molecule has 5 aromatic rings. The number of nitrogens with one attached hydrogen (secondary N) is 2. The molecule has 7 heteroatoms. The molecule has 0 radical (unpaired) electrons. The molecule has 0 saturated heterocycles. The molecule has 2 aromatic heterocycles. The van der Waals surface area contributed by atoms with Crippen LogP contribution in [0.25, 0.3) is 28.0 Å². The molecular weight excluding hydrogens is 388 g/mol. The Kier molecular flexibility index (Phi) is 4.82. The Labute approximate surface area is 178 Å². The Hall–Kier alpha value is -4.52. The van der Waals surface area contributed by atoms with Crippen LogP contribution in [0.4, 0.5) is 5.82 Å². The summed E-state index contributed by atoms with van der Waals surface area (Å²) in [6.45, 7) is 0. The fraction of sp³-hybridized carbons (Fsp3) is 0. The highest BCUT2D eigenvalue weighted by molar-refractivity contribution is 5.92. The minimum atomic E-state index is -0.457. The summed E-state index contributed by atoms with van der Waals surface area (Å²) in [6.07, 6.45) is 0. The molecule has 1 amide bonds. The maximum absolute atomic E-state index is 12.8. The number of hydrazine groups is 1. The highest BCUT2D eigenvalue weighted by Gasteiger charge is 2.18. The number of benzene rings is 3. The SMILES string of the molecule is O=C(NNc1ccc2ccccc2n1)c1nc(-c2ccccc2)n(-c2ccccc2)n1. The third kappa shape index (κ3) is 3.84. The van der Waals surface area contributed by atoms with Gasteiger partial charge in [-0.25, -0.2) is 14.6 Å². The highest BCUT2D eigenvalue weighted by Crippen LogP contribution is 2.21.